The largest absolute Gasteiger partial charge is 0.447 e. The number of halogens is 1. The van der Waals surface area contributed by atoms with Crippen molar-refractivity contribution < 1.29 is 18.7 Å². The molecule has 0 aliphatic carbocycles. The third-order valence-electron chi connectivity index (χ3n) is 5.51. The van der Waals surface area contributed by atoms with Gasteiger partial charge in [-0.15, -0.1) is 0 Å². The zero-order chi connectivity index (χ0) is 20.0. The molecule has 1 unspecified atom stereocenters. The fourth-order valence-corrected chi connectivity index (χ4v) is 3.82. The number of carbonyl (C=O) groups is 2. The van der Waals surface area contributed by atoms with E-state index in [1.54, 1.807) is 33.5 Å². The summed E-state index contributed by atoms with van der Waals surface area (Å²) < 4.78 is 21.1. The van der Waals surface area contributed by atoms with Crippen molar-refractivity contribution in [2.75, 3.05) is 26.2 Å². The highest BCUT2D eigenvalue weighted by Gasteiger charge is 2.38. The zero-order valence-corrected chi connectivity index (χ0v) is 15.6. The van der Waals surface area contributed by atoms with Crippen LogP contribution < -0.4 is 0 Å². The molecule has 2 amide bonds. The average Bonchev–Trinajstić information content (AvgIpc) is 3.20. The number of amides is 2. The lowest BCUT2D eigenvalue weighted by Crippen LogP contribution is -2.53. The van der Waals surface area contributed by atoms with Crippen molar-refractivity contribution in [2.24, 2.45) is 7.05 Å². The predicted molar refractivity (Wildman–Crippen MR) is 98.0 cm³/mol. The van der Waals surface area contributed by atoms with Gasteiger partial charge in [0.15, 0.2) is 0 Å². The normalized spacial score (nSPS) is 18.6. The third kappa shape index (κ3) is 2.89. The van der Waals surface area contributed by atoms with Crippen LogP contribution in [0.2, 0.25) is 0 Å². The molecule has 8 heteroatoms. The van der Waals surface area contributed by atoms with Crippen LogP contribution in [0.5, 0.6) is 0 Å². The van der Waals surface area contributed by atoms with Gasteiger partial charge in [-0.25, -0.2) is 9.18 Å². The maximum Gasteiger partial charge on any atom is 0.410 e. The number of aromatic nitrogens is 1. The van der Waals surface area contributed by atoms with Crippen LogP contribution in [0.3, 0.4) is 0 Å². The lowest BCUT2D eigenvalue weighted by molar-refractivity contribution is 0.0616. The SMILES string of the molecule is Cc1c(-c2cc(F)cc(C(=O)N3CCN4C(=O)OCC4C3)c2)cc(C#N)n1C. The van der Waals surface area contributed by atoms with Crippen LogP contribution in [0, 0.1) is 24.1 Å². The van der Waals surface area contributed by atoms with Crippen LogP contribution in [0.25, 0.3) is 11.1 Å². The van der Waals surface area contributed by atoms with Crippen molar-refractivity contribution in [3.63, 3.8) is 0 Å². The van der Waals surface area contributed by atoms with E-state index in [9.17, 15) is 19.2 Å². The third-order valence-corrected chi connectivity index (χ3v) is 5.51. The molecule has 1 atom stereocenters. The number of cyclic esters (lactones) is 1. The second-order valence-electron chi connectivity index (χ2n) is 7.10. The number of hydrogen-bond donors (Lipinski definition) is 0. The Morgan fingerprint density at radius 2 is 2.07 bits per heavy atom. The maximum atomic E-state index is 14.3. The van der Waals surface area contributed by atoms with Gasteiger partial charge in [0.2, 0.25) is 0 Å². The Kier molecular flexibility index (Phi) is 4.30. The molecule has 0 radical (unpaired) electrons. The van der Waals surface area contributed by atoms with Gasteiger partial charge in [-0.3, -0.25) is 9.69 Å². The van der Waals surface area contributed by atoms with E-state index < -0.39 is 5.82 Å². The number of ether oxygens (including phenoxy) is 1. The second-order valence-corrected chi connectivity index (χ2v) is 7.10. The summed E-state index contributed by atoms with van der Waals surface area (Å²) in [5, 5.41) is 9.22. The summed E-state index contributed by atoms with van der Waals surface area (Å²) in [5.41, 5.74) is 2.79. The average molecular weight is 382 g/mol. The van der Waals surface area contributed by atoms with Crippen LogP contribution >= 0.6 is 0 Å². The van der Waals surface area contributed by atoms with E-state index in [4.69, 9.17) is 4.74 Å². The predicted octanol–water partition coefficient (Wildman–Crippen LogP) is 2.29. The molecule has 0 saturated carbocycles. The van der Waals surface area contributed by atoms with Gasteiger partial charge in [-0.2, -0.15) is 5.26 Å². The molecule has 144 valence electrons. The van der Waals surface area contributed by atoms with Gasteiger partial charge >= 0.3 is 6.09 Å². The maximum absolute atomic E-state index is 14.3. The Hall–Kier alpha value is -3.34. The Morgan fingerprint density at radius 3 is 2.79 bits per heavy atom. The Labute approximate surface area is 161 Å². The van der Waals surface area contributed by atoms with Crippen LogP contribution in [0.15, 0.2) is 24.3 Å². The van der Waals surface area contributed by atoms with Crippen molar-refractivity contribution in [3.05, 3.63) is 47.0 Å². The highest BCUT2D eigenvalue weighted by atomic mass is 19.1. The molecule has 3 heterocycles. The molecule has 2 aliphatic heterocycles. The number of nitrogens with zero attached hydrogens (tertiary/aromatic N) is 4. The number of rotatable bonds is 2. The van der Waals surface area contributed by atoms with Crippen molar-refractivity contribution in [3.8, 4) is 17.2 Å². The number of piperazine rings is 1. The summed E-state index contributed by atoms with van der Waals surface area (Å²) in [7, 11) is 1.77. The van der Waals surface area contributed by atoms with Crippen molar-refractivity contribution in [2.45, 2.75) is 13.0 Å². The number of hydrogen-bond acceptors (Lipinski definition) is 4. The molecule has 4 rings (SSSR count). The molecule has 28 heavy (non-hydrogen) atoms. The lowest BCUT2D eigenvalue weighted by Gasteiger charge is -2.35. The minimum absolute atomic E-state index is 0.159. The first-order valence-corrected chi connectivity index (χ1v) is 8.99. The van der Waals surface area contributed by atoms with E-state index >= 15 is 0 Å². The summed E-state index contributed by atoms with van der Waals surface area (Å²) >= 11 is 0. The smallest absolute Gasteiger partial charge is 0.410 e. The molecule has 0 N–H and O–H groups in total. The van der Waals surface area contributed by atoms with Gasteiger partial charge < -0.3 is 14.2 Å². The van der Waals surface area contributed by atoms with Crippen molar-refractivity contribution >= 4 is 12.0 Å². The minimum atomic E-state index is -0.513. The van der Waals surface area contributed by atoms with Gasteiger partial charge in [0, 0.05) is 43.5 Å². The van der Waals surface area contributed by atoms with Gasteiger partial charge in [0.1, 0.15) is 24.2 Å². The van der Waals surface area contributed by atoms with E-state index in [2.05, 4.69) is 6.07 Å². The fourth-order valence-electron chi connectivity index (χ4n) is 3.82. The molecule has 1 aromatic heterocycles. The summed E-state index contributed by atoms with van der Waals surface area (Å²) in [6, 6.07) is 7.87. The summed E-state index contributed by atoms with van der Waals surface area (Å²) in [5.74, 6) is -0.797. The molecule has 0 spiro atoms. The summed E-state index contributed by atoms with van der Waals surface area (Å²) in [6.07, 6.45) is -0.349. The van der Waals surface area contributed by atoms with Gasteiger partial charge in [0.05, 0.1) is 6.04 Å². The quantitative estimate of drug-likeness (QED) is 0.798. The molecule has 2 aromatic rings. The highest BCUT2D eigenvalue weighted by Crippen LogP contribution is 2.29. The summed E-state index contributed by atoms with van der Waals surface area (Å²) in [6.45, 7) is 3.25. The van der Waals surface area contributed by atoms with E-state index in [1.807, 2.05) is 6.92 Å². The van der Waals surface area contributed by atoms with Crippen LogP contribution in [-0.4, -0.2) is 58.7 Å². The van der Waals surface area contributed by atoms with Gasteiger partial charge in [0.25, 0.3) is 5.91 Å². The topological polar surface area (TPSA) is 78.6 Å². The van der Waals surface area contributed by atoms with E-state index in [1.165, 1.54) is 12.1 Å². The fraction of sp³-hybridized carbons (Fsp3) is 0.350. The number of fused-ring (bicyclic) bond motifs is 1. The zero-order valence-electron chi connectivity index (χ0n) is 15.6. The first-order valence-electron chi connectivity index (χ1n) is 8.99. The minimum Gasteiger partial charge on any atom is -0.447 e. The van der Waals surface area contributed by atoms with Crippen LogP contribution in [-0.2, 0) is 11.8 Å². The Balaban J connectivity index is 1.64. The molecular weight excluding hydrogens is 363 g/mol. The van der Waals surface area contributed by atoms with Crippen LogP contribution in [0.1, 0.15) is 21.7 Å². The molecule has 1 aromatic carbocycles. The number of nitriles is 1. The highest BCUT2D eigenvalue weighted by molar-refractivity contribution is 5.96. The van der Waals surface area contributed by atoms with Crippen LogP contribution in [0.4, 0.5) is 9.18 Å². The second kappa shape index (κ2) is 6.68. The molecular formula is C20H19FN4O3. The van der Waals surface area contributed by atoms with E-state index in [-0.39, 0.29) is 30.2 Å². The number of carbonyl (C=O) groups excluding carboxylic acids is 2. The Bertz CT molecular complexity index is 1020. The lowest BCUT2D eigenvalue weighted by atomic mass is 10.0. The summed E-state index contributed by atoms with van der Waals surface area (Å²) in [4.78, 5) is 27.8. The van der Waals surface area contributed by atoms with Crippen molar-refractivity contribution in [1.82, 2.24) is 14.4 Å². The molecule has 2 saturated heterocycles. The standard InChI is InChI=1S/C20H19FN4O3/c1-12-18(8-16(9-22)23(12)2)13-5-14(7-15(21)6-13)19(26)24-3-4-25-17(10-24)11-28-20(25)27/h5-8,17H,3-4,10-11H2,1-2H3. The van der Waals surface area contributed by atoms with Gasteiger partial charge in [-0.05, 0) is 36.8 Å². The van der Waals surface area contributed by atoms with Crippen molar-refractivity contribution in [1.29, 1.82) is 5.26 Å². The first-order chi connectivity index (χ1) is 13.4. The molecule has 2 aliphatic rings. The van der Waals surface area contributed by atoms with E-state index in [0.29, 0.717) is 36.5 Å². The molecule has 0 bridgehead atoms. The first kappa shape index (κ1) is 18.0. The number of benzene rings is 1. The molecule has 2 fully saturated rings. The van der Waals surface area contributed by atoms with Gasteiger partial charge in [-0.1, -0.05) is 0 Å². The monoisotopic (exact) mass is 382 g/mol. The van der Waals surface area contributed by atoms with E-state index in [0.717, 1.165) is 5.69 Å². The Morgan fingerprint density at radius 1 is 1.29 bits per heavy atom. The molecule has 7 nitrogen and oxygen atoms in total.